The van der Waals surface area contributed by atoms with Gasteiger partial charge in [0.15, 0.2) is 6.10 Å². The summed E-state index contributed by atoms with van der Waals surface area (Å²) in [6, 6.07) is -1.14. The summed E-state index contributed by atoms with van der Waals surface area (Å²) in [5.41, 5.74) is 5.36. The quantitative estimate of drug-likeness (QED) is 0.323. The highest BCUT2D eigenvalue weighted by Crippen LogP contribution is 2.19. The predicted molar refractivity (Wildman–Crippen MR) is 43.4 cm³/mol. The van der Waals surface area contributed by atoms with E-state index in [1.165, 1.54) is 0 Å². The van der Waals surface area contributed by atoms with Crippen molar-refractivity contribution in [1.82, 2.24) is 0 Å². The average molecular weight is 207 g/mol. The summed E-state index contributed by atoms with van der Waals surface area (Å²) < 4.78 is 4.76. The summed E-state index contributed by atoms with van der Waals surface area (Å²) in [4.78, 5) is 10.6. The van der Waals surface area contributed by atoms with Crippen LogP contribution >= 0.6 is 0 Å². The van der Waals surface area contributed by atoms with Crippen LogP contribution in [0.25, 0.3) is 0 Å². The third-order valence-corrected chi connectivity index (χ3v) is 2.22. The number of hydrogen-bond donors (Lipinski definition) is 5. The minimum Gasteiger partial charge on any atom is -0.479 e. The van der Waals surface area contributed by atoms with Crippen molar-refractivity contribution in [3.8, 4) is 0 Å². The Morgan fingerprint density at radius 3 is 2.36 bits per heavy atom. The lowest BCUT2D eigenvalue weighted by Gasteiger charge is -2.38. The fourth-order valence-corrected chi connectivity index (χ4v) is 1.36. The zero-order chi connectivity index (χ0) is 10.9. The Morgan fingerprint density at radius 2 is 1.93 bits per heavy atom. The van der Waals surface area contributed by atoms with Gasteiger partial charge in [0.25, 0.3) is 0 Å². The van der Waals surface area contributed by atoms with Gasteiger partial charge in [-0.1, -0.05) is 0 Å². The first-order valence-electron chi connectivity index (χ1n) is 4.10. The largest absolute Gasteiger partial charge is 0.479 e. The van der Waals surface area contributed by atoms with Crippen molar-refractivity contribution in [2.75, 3.05) is 6.61 Å². The van der Waals surface area contributed by atoms with E-state index in [1.807, 2.05) is 0 Å². The van der Waals surface area contributed by atoms with Crippen LogP contribution in [0.1, 0.15) is 0 Å². The third kappa shape index (κ3) is 1.86. The Kier molecular flexibility index (Phi) is 3.40. The first-order valence-corrected chi connectivity index (χ1v) is 4.10. The summed E-state index contributed by atoms with van der Waals surface area (Å²) in [5, 5.41) is 36.0. The zero-order valence-corrected chi connectivity index (χ0v) is 7.28. The number of aliphatic hydroxyl groups is 3. The van der Waals surface area contributed by atoms with Crippen LogP contribution in [-0.2, 0) is 9.53 Å². The van der Waals surface area contributed by atoms with E-state index in [4.69, 9.17) is 20.7 Å². The normalized spacial score (nSPS) is 43.6. The molecule has 5 atom stereocenters. The second-order valence-corrected chi connectivity index (χ2v) is 3.17. The fraction of sp³-hybridized carbons (Fsp3) is 0.857. The maximum absolute atomic E-state index is 10.6. The van der Waals surface area contributed by atoms with Crippen molar-refractivity contribution in [2.24, 2.45) is 5.73 Å². The molecule has 82 valence electrons. The van der Waals surface area contributed by atoms with Crippen molar-refractivity contribution in [1.29, 1.82) is 0 Å². The van der Waals surface area contributed by atoms with Crippen LogP contribution in [0, 0.1) is 0 Å². The summed E-state index contributed by atoms with van der Waals surface area (Å²) in [6.45, 7) is -0.550. The van der Waals surface area contributed by atoms with Crippen molar-refractivity contribution in [2.45, 2.75) is 30.5 Å². The van der Waals surface area contributed by atoms with Gasteiger partial charge in [0.1, 0.15) is 18.3 Å². The molecule has 0 aromatic rings. The first-order chi connectivity index (χ1) is 6.49. The Bertz CT molecular complexity index is 220. The van der Waals surface area contributed by atoms with Crippen molar-refractivity contribution >= 4 is 5.97 Å². The molecule has 6 N–H and O–H groups in total. The van der Waals surface area contributed by atoms with Gasteiger partial charge in [0.2, 0.25) is 0 Å². The van der Waals surface area contributed by atoms with Crippen molar-refractivity contribution < 1.29 is 30.0 Å². The number of carboxylic acids is 1. The molecule has 0 unspecified atom stereocenters. The molecule has 0 saturated carbocycles. The molecule has 0 spiro atoms. The van der Waals surface area contributed by atoms with E-state index < -0.39 is 43.0 Å². The van der Waals surface area contributed by atoms with E-state index in [-0.39, 0.29) is 0 Å². The third-order valence-electron chi connectivity index (χ3n) is 2.22. The summed E-state index contributed by atoms with van der Waals surface area (Å²) in [6.07, 6.45) is -5.34. The van der Waals surface area contributed by atoms with Gasteiger partial charge in [-0.2, -0.15) is 0 Å². The number of rotatable bonds is 2. The molecule has 1 saturated heterocycles. The van der Waals surface area contributed by atoms with E-state index in [1.54, 1.807) is 0 Å². The molecule has 0 bridgehead atoms. The van der Waals surface area contributed by atoms with Crippen molar-refractivity contribution in [3.63, 3.8) is 0 Å². The van der Waals surface area contributed by atoms with Crippen LogP contribution in [-0.4, -0.2) is 63.5 Å². The number of carbonyl (C=O) groups is 1. The van der Waals surface area contributed by atoms with Gasteiger partial charge < -0.3 is 30.9 Å². The number of ether oxygens (including phenoxy) is 1. The second kappa shape index (κ2) is 4.20. The second-order valence-electron chi connectivity index (χ2n) is 3.17. The minimum atomic E-state index is -1.51. The maximum Gasteiger partial charge on any atom is 0.335 e. The Hall–Kier alpha value is -0.730. The van der Waals surface area contributed by atoms with Crippen LogP contribution in [0.2, 0.25) is 0 Å². The predicted octanol–water partition coefficient (Wildman–Crippen LogP) is -3.12. The van der Waals surface area contributed by atoms with Crippen molar-refractivity contribution in [3.05, 3.63) is 0 Å². The van der Waals surface area contributed by atoms with Gasteiger partial charge in [-0.15, -0.1) is 0 Å². The molecule has 14 heavy (non-hydrogen) atoms. The Balaban J connectivity index is 2.78. The minimum absolute atomic E-state index is 0.550. The highest BCUT2D eigenvalue weighted by Gasteiger charge is 2.45. The molecule has 1 aliphatic rings. The summed E-state index contributed by atoms with van der Waals surface area (Å²) in [5.74, 6) is -1.38. The molecule has 0 amide bonds. The number of nitrogens with two attached hydrogens (primary N) is 1. The number of hydrogen-bond acceptors (Lipinski definition) is 6. The van der Waals surface area contributed by atoms with E-state index in [9.17, 15) is 15.0 Å². The van der Waals surface area contributed by atoms with Crippen LogP contribution < -0.4 is 5.73 Å². The fourth-order valence-electron chi connectivity index (χ4n) is 1.36. The molecule has 0 radical (unpaired) electrons. The number of aliphatic carboxylic acids is 1. The van der Waals surface area contributed by atoms with E-state index in [0.717, 1.165) is 0 Å². The van der Waals surface area contributed by atoms with Crippen LogP contribution in [0.5, 0.6) is 0 Å². The number of aliphatic hydroxyl groups excluding tert-OH is 3. The molecule has 1 fully saturated rings. The van der Waals surface area contributed by atoms with Gasteiger partial charge in [0.05, 0.1) is 12.6 Å². The van der Waals surface area contributed by atoms with Gasteiger partial charge in [0, 0.05) is 0 Å². The summed E-state index contributed by atoms with van der Waals surface area (Å²) in [7, 11) is 0. The van der Waals surface area contributed by atoms with Gasteiger partial charge >= 0.3 is 5.97 Å². The lowest BCUT2D eigenvalue weighted by atomic mass is 9.93. The Morgan fingerprint density at radius 1 is 1.36 bits per heavy atom. The smallest absolute Gasteiger partial charge is 0.335 e. The monoisotopic (exact) mass is 207 g/mol. The van der Waals surface area contributed by atoms with E-state index >= 15 is 0 Å². The average Bonchev–Trinajstić information content (AvgIpc) is 2.14. The number of carboxylic acid groups (broad SMARTS) is 1. The zero-order valence-electron chi connectivity index (χ0n) is 7.28. The van der Waals surface area contributed by atoms with Crippen LogP contribution in [0.15, 0.2) is 0 Å². The molecular formula is C7H13NO6. The van der Waals surface area contributed by atoms with Crippen LogP contribution in [0.4, 0.5) is 0 Å². The van der Waals surface area contributed by atoms with Gasteiger partial charge in [-0.3, -0.25) is 0 Å². The highest BCUT2D eigenvalue weighted by molar-refractivity contribution is 5.73. The van der Waals surface area contributed by atoms with E-state index in [2.05, 4.69) is 0 Å². The SMILES string of the molecule is N[C@@H]1[C@@H](O)[C@H](C(=O)O)O[C@H](CO)[C@H]1O. The molecule has 1 rings (SSSR count). The topological polar surface area (TPSA) is 133 Å². The molecular weight excluding hydrogens is 194 g/mol. The molecule has 1 aliphatic heterocycles. The van der Waals surface area contributed by atoms with E-state index in [0.29, 0.717) is 0 Å². The molecule has 0 aromatic heterocycles. The molecule has 7 nitrogen and oxygen atoms in total. The van der Waals surface area contributed by atoms with Gasteiger partial charge in [-0.25, -0.2) is 4.79 Å². The molecule has 0 aromatic carbocycles. The Labute approximate surface area is 79.7 Å². The first kappa shape index (κ1) is 11.3. The molecule has 0 aliphatic carbocycles. The maximum atomic E-state index is 10.6. The lowest BCUT2D eigenvalue weighted by Crippen LogP contribution is -2.63. The lowest BCUT2D eigenvalue weighted by molar-refractivity contribution is -0.203. The van der Waals surface area contributed by atoms with Gasteiger partial charge in [-0.05, 0) is 0 Å². The summed E-state index contributed by atoms with van der Waals surface area (Å²) >= 11 is 0. The molecule has 7 heteroatoms. The van der Waals surface area contributed by atoms with Crippen LogP contribution in [0.3, 0.4) is 0 Å². The molecule has 1 heterocycles. The highest BCUT2D eigenvalue weighted by atomic mass is 16.6. The standard InChI is InChI=1S/C7H13NO6/c8-3-4(10)2(1-9)14-6(5(3)11)7(12)13/h2-6,9-11H,1,8H2,(H,12,13)/t2-,3+,4-,5-,6-/m1/s1.